The molecule has 5 rings (SSSR count). The molecule has 2 aliphatic rings. The van der Waals surface area contributed by atoms with E-state index in [0.29, 0.717) is 53.9 Å². The lowest BCUT2D eigenvalue weighted by molar-refractivity contribution is -0.121. The highest BCUT2D eigenvalue weighted by molar-refractivity contribution is 5.85. The van der Waals surface area contributed by atoms with E-state index in [9.17, 15) is 14.4 Å². The van der Waals surface area contributed by atoms with Crippen LogP contribution in [0.2, 0.25) is 0 Å². The van der Waals surface area contributed by atoms with Crippen molar-refractivity contribution >= 4 is 28.7 Å². The van der Waals surface area contributed by atoms with Gasteiger partial charge in [0.25, 0.3) is 0 Å². The van der Waals surface area contributed by atoms with Crippen LogP contribution in [0.3, 0.4) is 0 Å². The summed E-state index contributed by atoms with van der Waals surface area (Å²) in [5.74, 6) is 0.590. The Labute approximate surface area is 228 Å². The second kappa shape index (κ2) is 11.6. The largest absolute Gasteiger partial charge is 0.385 e. The van der Waals surface area contributed by atoms with Crippen LogP contribution in [0.15, 0.2) is 41.2 Å². The number of carbonyl (C=O) groups excluding carboxylic acids is 2. The van der Waals surface area contributed by atoms with Crippen molar-refractivity contribution in [1.82, 2.24) is 25.1 Å². The highest BCUT2D eigenvalue weighted by atomic mass is 16.2. The van der Waals surface area contributed by atoms with E-state index in [-0.39, 0.29) is 23.7 Å². The molecule has 1 aliphatic heterocycles. The van der Waals surface area contributed by atoms with Gasteiger partial charge < -0.3 is 20.9 Å². The van der Waals surface area contributed by atoms with Gasteiger partial charge in [0, 0.05) is 37.3 Å². The summed E-state index contributed by atoms with van der Waals surface area (Å²) in [4.78, 5) is 45.2. The predicted molar refractivity (Wildman–Crippen MR) is 153 cm³/mol. The van der Waals surface area contributed by atoms with E-state index in [1.54, 1.807) is 13.1 Å². The third kappa shape index (κ3) is 5.98. The quantitative estimate of drug-likeness (QED) is 0.370. The van der Waals surface area contributed by atoms with Gasteiger partial charge in [0.1, 0.15) is 11.5 Å². The van der Waals surface area contributed by atoms with Gasteiger partial charge in [-0.25, -0.2) is 4.98 Å². The molecule has 206 valence electrons. The van der Waals surface area contributed by atoms with Crippen molar-refractivity contribution < 1.29 is 9.59 Å². The number of anilines is 1. The summed E-state index contributed by atoms with van der Waals surface area (Å²) in [6.07, 6.45) is 4.83. The molecule has 39 heavy (non-hydrogen) atoms. The molecule has 4 N–H and O–H groups in total. The van der Waals surface area contributed by atoms with E-state index in [4.69, 9.17) is 10.7 Å². The summed E-state index contributed by atoms with van der Waals surface area (Å²) in [5, 5.41) is 6.14. The first kappa shape index (κ1) is 26.9. The molecule has 0 bridgehead atoms. The molecular weight excluding hydrogens is 492 g/mol. The molecule has 0 radical (unpaired) electrons. The SMILES string of the molecule is CCN1CCCC1CNC(=O)Cc1ccc(-c2ccc3c(=O)c(CC(=O)NC)c(N)n(CC4CC4)c3n2)cc1. The molecule has 1 atom stereocenters. The van der Waals surface area contributed by atoms with Crippen molar-refractivity contribution in [2.75, 3.05) is 32.4 Å². The number of amides is 2. The minimum Gasteiger partial charge on any atom is -0.385 e. The number of pyridine rings is 2. The average molecular weight is 531 g/mol. The van der Waals surface area contributed by atoms with Gasteiger partial charge in [0.15, 0.2) is 5.43 Å². The van der Waals surface area contributed by atoms with E-state index in [0.717, 1.165) is 49.2 Å². The lowest BCUT2D eigenvalue weighted by Crippen LogP contribution is -2.40. The van der Waals surface area contributed by atoms with Crippen LogP contribution >= 0.6 is 0 Å². The molecule has 3 heterocycles. The second-order valence-corrected chi connectivity index (χ2v) is 10.8. The van der Waals surface area contributed by atoms with Gasteiger partial charge in [-0.05, 0) is 62.4 Å². The van der Waals surface area contributed by atoms with Crippen LogP contribution in [0.4, 0.5) is 5.82 Å². The normalized spacial score (nSPS) is 17.4. The molecular formula is C30H38N6O3. The Balaban J connectivity index is 1.35. The van der Waals surface area contributed by atoms with Crippen molar-refractivity contribution in [2.45, 2.75) is 58.0 Å². The Bertz CT molecular complexity index is 1430. The molecule has 1 aromatic carbocycles. The first-order valence-electron chi connectivity index (χ1n) is 14.0. The molecule has 1 saturated carbocycles. The number of carbonyl (C=O) groups is 2. The van der Waals surface area contributed by atoms with Crippen LogP contribution in [0, 0.1) is 5.92 Å². The van der Waals surface area contributed by atoms with E-state index in [1.807, 2.05) is 34.9 Å². The number of nitrogens with one attached hydrogen (secondary N) is 2. The zero-order valence-corrected chi connectivity index (χ0v) is 22.8. The topological polar surface area (TPSA) is 122 Å². The number of likely N-dealkylation sites (N-methyl/N-ethyl adjacent to an activating group) is 2. The fraction of sp³-hybridized carbons (Fsp3) is 0.467. The first-order valence-corrected chi connectivity index (χ1v) is 14.0. The van der Waals surface area contributed by atoms with Crippen LogP contribution in [-0.4, -0.2) is 59.0 Å². The molecule has 2 fully saturated rings. The maximum Gasteiger partial charge on any atom is 0.224 e. The van der Waals surface area contributed by atoms with Gasteiger partial charge in [-0.1, -0.05) is 31.2 Å². The first-order chi connectivity index (χ1) is 18.9. The maximum absolute atomic E-state index is 13.3. The summed E-state index contributed by atoms with van der Waals surface area (Å²) >= 11 is 0. The van der Waals surface area contributed by atoms with Crippen LogP contribution < -0.4 is 21.8 Å². The smallest absolute Gasteiger partial charge is 0.224 e. The van der Waals surface area contributed by atoms with Crippen LogP contribution in [0.25, 0.3) is 22.3 Å². The molecule has 1 unspecified atom stereocenters. The van der Waals surface area contributed by atoms with Gasteiger partial charge in [0.2, 0.25) is 11.8 Å². The van der Waals surface area contributed by atoms with Gasteiger partial charge in [0.05, 0.1) is 23.9 Å². The Morgan fingerprint density at radius 1 is 1.05 bits per heavy atom. The molecule has 1 saturated heterocycles. The number of fused-ring (bicyclic) bond motifs is 1. The second-order valence-electron chi connectivity index (χ2n) is 10.8. The lowest BCUT2D eigenvalue weighted by atomic mass is 10.0. The van der Waals surface area contributed by atoms with E-state index >= 15 is 0 Å². The van der Waals surface area contributed by atoms with Crippen molar-refractivity contribution in [1.29, 1.82) is 0 Å². The van der Waals surface area contributed by atoms with Crippen molar-refractivity contribution in [3.05, 3.63) is 57.7 Å². The Kier molecular flexibility index (Phi) is 7.97. The lowest BCUT2D eigenvalue weighted by Gasteiger charge is -2.22. The summed E-state index contributed by atoms with van der Waals surface area (Å²) in [6, 6.07) is 11.9. The van der Waals surface area contributed by atoms with Gasteiger partial charge in [-0.15, -0.1) is 0 Å². The molecule has 9 heteroatoms. The minimum atomic E-state index is -0.254. The molecule has 3 aromatic rings. The number of aromatic nitrogens is 2. The number of benzene rings is 1. The fourth-order valence-electron chi connectivity index (χ4n) is 5.53. The third-order valence-corrected chi connectivity index (χ3v) is 8.06. The fourth-order valence-corrected chi connectivity index (χ4v) is 5.53. The minimum absolute atomic E-state index is 0.0293. The Hall–Kier alpha value is -3.72. The standard InChI is InChI=1S/C30H38N6O3/c1-3-35-14-4-5-22(35)17-33-27(38)15-19-8-10-21(11-9-19)25-13-12-23-28(39)24(16-26(37)32-2)29(31)36(30(23)34-25)18-20-6-7-20/h8-13,20,22H,3-7,14-18,31H2,1-2H3,(H,32,37)(H,33,38). The monoisotopic (exact) mass is 530 g/mol. The van der Waals surface area contributed by atoms with Crippen molar-refractivity contribution in [3.8, 4) is 11.3 Å². The van der Waals surface area contributed by atoms with Crippen LogP contribution in [0.1, 0.15) is 43.7 Å². The summed E-state index contributed by atoms with van der Waals surface area (Å²) in [6.45, 7) is 5.66. The third-order valence-electron chi connectivity index (χ3n) is 8.06. The van der Waals surface area contributed by atoms with E-state index in [1.165, 1.54) is 6.42 Å². The van der Waals surface area contributed by atoms with Crippen molar-refractivity contribution in [3.63, 3.8) is 0 Å². The van der Waals surface area contributed by atoms with E-state index in [2.05, 4.69) is 22.5 Å². The van der Waals surface area contributed by atoms with Gasteiger partial charge >= 0.3 is 0 Å². The number of nitrogen functional groups attached to an aromatic ring is 1. The highest BCUT2D eigenvalue weighted by Gasteiger charge is 2.26. The average Bonchev–Trinajstić information content (AvgIpc) is 3.66. The zero-order chi connectivity index (χ0) is 27.5. The number of rotatable bonds is 10. The van der Waals surface area contributed by atoms with Crippen LogP contribution in [-0.2, 0) is 29.0 Å². The predicted octanol–water partition coefficient (Wildman–Crippen LogP) is 2.49. The van der Waals surface area contributed by atoms with Gasteiger partial charge in [-0.2, -0.15) is 0 Å². The number of hydrogen-bond acceptors (Lipinski definition) is 6. The number of nitrogens with zero attached hydrogens (tertiary/aromatic N) is 3. The van der Waals surface area contributed by atoms with Crippen LogP contribution in [0.5, 0.6) is 0 Å². The molecule has 2 aromatic heterocycles. The van der Waals surface area contributed by atoms with Crippen molar-refractivity contribution in [2.24, 2.45) is 5.92 Å². The molecule has 9 nitrogen and oxygen atoms in total. The van der Waals surface area contributed by atoms with E-state index < -0.39 is 0 Å². The summed E-state index contributed by atoms with van der Waals surface area (Å²) in [5.41, 5.74) is 9.62. The summed E-state index contributed by atoms with van der Waals surface area (Å²) < 4.78 is 1.90. The number of likely N-dealkylation sites (tertiary alicyclic amines) is 1. The zero-order valence-electron chi connectivity index (χ0n) is 22.8. The summed E-state index contributed by atoms with van der Waals surface area (Å²) in [7, 11) is 1.55. The molecule has 2 amide bonds. The Morgan fingerprint density at radius 2 is 1.82 bits per heavy atom. The molecule has 1 aliphatic carbocycles. The highest BCUT2D eigenvalue weighted by Crippen LogP contribution is 2.33. The maximum atomic E-state index is 13.3. The van der Waals surface area contributed by atoms with Gasteiger partial charge in [-0.3, -0.25) is 19.3 Å². The molecule has 0 spiro atoms. The Morgan fingerprint density at radius 3 is 2.51 bits per heavy atom. The number of hydrogen-bond donors (Lipinski definition) is 3. The number of nitrogens with two attached hydrogens (primary N) is 1.